The molecule has 1 aliphatic rings. The van der Waals surface area contributed by atoms with Crippen molar-refractivity contribution in [3.05, 3.63) is 24.6 Å². The van der Waals surface area contributed by atoms with E-state index in [1.807, 2.05) is 0 Å². The van der Waals surface area contributed by atoms with Crippen LogP contribution < -0.4 is 11.1 Å². The van der Waals surface area contributed by atoms with Crippen molar-refractivity contribution in [1.29, 1.82) is 0 Å². The fourth-order valence-electron chi connectivity index (χ4n) is 2.42. The Bertz CT molecular complexity index is 717. The van der Waals surface area contributed by atoms with Gasteiger partial charge >= 0.3 is 0 Å². The number of hydrogen-bond acceptors (Lipinski definition) is 9. The van der Waals surface area contributed by atoms with E-state index in [4.69, 9.17) is 10.5 Å². The van der Waals surface area contributed by atoms with Crippen molar-refractivity contribution < 1.29 is 20.1 Å². The van der Waals surface area contributed by atoms with Crippen molar-refractivity contribution in [1.82, 2.24) is 24.8 Å². The van der Waals surface area contributed by atoms with E-state index in [0.717, 1.165) is 0 Å². The molecule has 3 heterocycles. The summed E-state index contributed by atoms with van der Waals surface area (Å²) in [4.78, 5) is 12.0. The summed E-state index contributed by atoms with van der Waals surface area (Å²) in [5.74, 6) is -0.0265. The Balaban J connectivity index is 1.98. The summed E-state index contributed by atoms with van der Waals surface area (Å²) < 4.78 is 6.99. The number of hydrogen-bond donors (Lipinski definition) is 5. The molecule has 0 aliphatic carbocycles. The van der Waals surface area contributed by atoms with Crippen molar-refractivity contribution in [3.63, 3.8) is 0 Å². The number of imidazole rings is 1. The minimum Gasteiger partial charge on any atom is -0.508 e. The molecule has 2 aromatic rings. The van der Waals surface area contributed by atoms with Crippen LogP contribution in [-0.2, 0) is 4.74 Å². The maximum Gasteiger partial charge on any atom is 0.167 e. The standard InChI is InChI=1S/C12H16N6O4/c1-14-2-5(19)9-7(20)8(21)12(22-9)18-4-17-6-10(13)15-3-16-11(6)18/h2-4,7-9,12,14,19-21H,1H3,(H2,13,15,16)/b5-2-/t7-,8+,9+,12+/m0/s1. The summed E-state index contributed by atoms with van der Waals surface area (Å²) in [7, 11) is 1.59. The second kappa shape index (κ2) is 5.40. The highest BCUT2D eigenvalue weighted by Crippen LogP contribution is 2.33. The van der Waals surface area contributed by atoms with Gasteiger partial charge in [-0.25, -0.2) is 15.0 Å². The number of nitrogen functional groups attached to an aromatic ring is 1. The summed E-state index contributed by atoms with van der Waals surface area (Å²) in [5, 5.41) is 32.7. The highest BCUT2D eigenvalue weighted by molar-refractivity contribution is 5.81. The molecule has 0 saturated carbocycles. The fraction of sp³-hybridized carbons (Fsp3) is 0.417. The number of nitrogens with zero attached hydrogens (tertiary/aromatic N) is 4. The summed E-state index contributed by atoms with van der Waals surface area (Å²) in [6.07, 6.45) is -0.677. The third-order valence-electron chi connectivity index (χ3n) is 3.48. The first-order valence-corrected chi connectivity index (χ1v) is 6.55. The lowest BCUT2D eigenvalue weighted by atomic mass is 10.1. The van der Waals surface area contributed by atoms with Crippen molar-refractivity contribution >= 4 is 17.0 Å². The quantitative estimate of drug-likeness (QED) is 0.433. The van der Waals surface area contributed by atoms with Crippen LogP contribution in [0.5, 0.6) is 0 Å². The molecule has 10 nitrogen and oxygen atoms in total. The van der Waals surface area contributed by atoms with E-state index in [1.165, 1.54) is 23.4 Å². The van der Waals surface area contributed by atoms with Crippen LogP contribution in [-0.4, -0.2) is 60.2 Å². The average Bonchev–Trinajstić information content (AvgIpc) is 3.03. The van der Waals surface area contributed by atoms with Crippen LogP contribution in [0.1, 0.15) is 6.23 Å². The van der Waals surface area contributed by atoms with Gasteiger partial charge in [-0.05, 0) is 0 Å². The Kier molecular flexibility index (Phi) is 3.56. The van der Waals surface area contributed by atoms with E-state index in [9.17, 15) is 15.3 Å². The molecule has 118 valence electrons. The topological polar surface area (TPSA) is 152 Å². The monoisotopic (exact) mass is 308 g/mol. The second-order valence-corrected chi connectivity index (χ2v) is 4.87. The lowest BCUT2D eigenvalue weighted by molar-refractivity contribution is -0.0342. The molecule has 2 aromatic heterocycles. The first kappa shape index (κ1) is 14.5. The van der Waals surface area contributed by atoms with Crippen LogP contribution in [0.25, 0.3) is 11.2 Å². The highest BCUT2D eigenvalue weighted by Gasteiger charge is 2.46. The fourth-order valence-corrected chi connectivity index (χ4v) is 2.42. The van der Waals surface area contributed by atoms with Gasteiger partial charge in [0.25, 0.3) is 0 Å². The van der Waals surface area contributed by atoms with Crippen LogP contribution in [0, 0.1) is 0 Å². The molecule has 0 aromatic carbocycles. The maximum atomic E-state index is 10.2. The van der Waals surface area contributed by atoms with E-state index in [1.54, 1.807) is 7.05 Å². The normalized spacial score (nSPS) is 29.1. The van der Waals surface area contributed by atoms with Crippen molar-refractivity contribution in [3.8, 4) is 0 Å². The number of fused-ring (bicyclic) bond motifs is 1. The number of rotatable bonds is 3. The Hall–Kier alpha value is -2.43. The van der Waals surface area contributed by atoms with Gasteiger partial charge in [-0.15, -0.1) is 0 Å². The maximum absolute atomic E-state index is 10.2. The zero-order valence-electron chi connectivity index (χ0n) is 11.7. The Morgan fingerprint density at radius 1 is 1.36 bits per heavy atom. The molecular weight excluding hydrogens is 292 g/mol. The first-order chi connectivity index (χ1) is 10.5. The minimum atomic E-state index is -1.30. The van der Waals surface area contributed by atoms with Gasteiger partial charge < -0.3 is 31.1 Å². The number of ether oxygens (including phenoxy) is 1. The molecule has 22 heavy (non-hydrogen) atoms. The summed E-state index contributed by atoms with van der Waals surface area (Å²) in [6.45, 7) is 0. The third kappa shape index (κ3) is 2.13. The largest absolute Gasteiger partial charge is 0.508 e. The summed E-state index contributed by atoms with van der Waals surface area (Å²) >= 11 is 0. The SMILES string of the molecule is CN/C=C(\O)[C@H]1O[C@@H](n2cnc3c(N)ncnc32)[C@H](O)[C@@H]1O. The molecule has 0 spiro atoms. The molecule has 1 saturated heterocycles. The molecule has 4 atom stereocenters. The molecule has 0 bridgehead atoms. The summed E-state index contributed by atoms with van der Waals surface area (Å²) in [5.41, 5.74) is 6.44. The van der Waals surface area contributed by atoms with Gasteiger partial charge in [-0.1, -0.05) is 0 Å². The predicted octanol–water partition coefficient (Wildman–Crippen LogP) is -1.35. The molecule has 1 aliphatic heterocycles. The van der Waals surface area contributed by atoms with Crippen molar-refractivity contribution in [2.45, 2.75) is 24.5 Å². The average molecular weight is 308 g/mol. The second-order valence-electron chi connectivity index (χ2n) is 4.87. The number of nitrogens with two attached hydrogens (primary N) is 1. The Morgan fingerprint density at radius 3 is 2.86 bits per heavy atom. The van der Waals surface area contributed by atoms with E-state index in [0.29, 0.717) is 11.2 Å². The van der Waals surface area contributed by atoms with Crippen LogP contribution in [0.2, 0.25) is 0 Å². The van der Waals surface area contributed by atoms with Crippen LogP contribution >= 0.6 is 0 Å². The number of nitrogens with one attached hydrogen (secondary N) is 1. The lowest BCUT2D eigenvalue weighted by Crippen LogP contribution is -2.32. The predicted molar refractivity (Wildman–Crippen MR) is 75.4 cm³/mol. The van der Waals surface area contributed by atoms with E-state index in [2.05, 4.69) is 20.3 Å². The molecule has 0 unspecified atom stereocenters. The van der Waals surface area contributed by atoms with Gasteiger partial charge in [0.05, 0.1) is 6.33 Å². The van der Waals surface area contributed by atoms with Crippen LogP contribution in [0.15, 0.2) is 24.6 Å². The van der Waals surface area contributed by atoms with Crippen LogP contribution in [0.3, 0.4) is 0 Å². The Morgan fingerprint density at radius 2 is 2.14 bits per heavy atom. The van der Waals surface area contributed by atoms with E-state index < -0.39 is 24.5 Å². The highest BCUT2D eigenvalue weighted by atomic mass is 16.6. The van der Waals surface area contributed by atoms with Gasteiger partial charge in [0.15, 0.2) is 17.7 Å². The number of aromatic nitrogens is 4. The molecule has 0 radical (unpaired) electrons. The molecule has 6 N–H and O–H groups in total. The van der Waals surface area contributed by atoms with Crippen LogP contribution in [0.4, 0.5) is 5.82 Å². The Labute approximate surface area is 124 Å². The number of anilines is 1. The van der Waals surface area contributed by atoms with Gasteiger partial charge in [0.1, 0.15) is 35.9 Å². The molecule has 0 amide bonds. The summed E-state index contributed by atoms with van der Waals surface area (Å²) in [6, 6.07) is 0. The molecular formula is C12H16N6O4. The van der Waals surface area contributed by atoms with Gasteiger partial charge in [0.2, 0.25) is 0 Å². The first-order valence-electron chi connectivity index (χ1n) is 6.55. The van der Waals surface area contributed by atoms with E-state index >= 15 is 0 Å². The molecule has 10 heteroatoms. The van der Waals surface area contributed by atoms with Gasteiger partial charge in [-0.3, -0.25) is 4.57 Å². The van der Waals surface area contributed by atoms with Crippen molar-refractivity contribution in [2.75, 3.05) is 12.8 Å². The zero-order valence-corrected chi connectivity index (χ0v) is 11.7. The minimum absolute atomic E-state index is 0.200. The number of aliphatic hydroxyl groups excluding tert-OH is 3. The molecule has 1 fully saturated rings. The van der Waals surface area contributed by atoms with Crippen molar-refractivity contribution in [2.24, 2.45) is 0 Å². The number of aliphatic hydroxyl groups is 3. The molecule has 3 rings (SSSR count). The van der Waals surface area contributed by atoms with Gasteiger partial charge in [0, 0.05) is 13.2 Å². The van der Waals surface area contributed by atoms with E-state index in [-0.39, 0.29) is 11.6 Å². The zero-order chi connectivity index (χ0) is 15.9. The van der Waals surface area contributed by atoms with Gasteiger partial charge in [-0.2, -0.15) is 0 Å². The third-order valence-corrected chi connectivity index (χ3v) is 3.48. The smallest absolute Gasteiger partial charge is 0.167 e. The lowest BCUT2D eigenvalue weighted by Gasteiger charge is -2.16.